The van der Waals surface area contributed by atoms with Crippen LogP contribution in [0.2, 0.25) is 0 Å². The monoisotopic (exact) mass is 398 g/mol. The first-order valence-electron chi connectivity index (χ1n) is 4.29. The van der Waals surface area contributed by atoms with Crippen LogP contribution in [0.25, 0.3) is 0 Å². The summed E-state index contributed by atoms with van der Waals surface area (Å²) in [4.78, 5) is 0. The molecule has 0 bridgehead atoms. The Morgan fingerprint density at radius 2 is 1.54 bits per heavy atom. The van der Waals surface area contributed by atoms with Crippen LogP contribution in [0.5, 0.6) is 0 Å². The fraction of sp³-hybridized carbons (Fsp3) is 0.400. The number of halogens is 1. The quantitative estimate of drug-likeness (QED) is 0.540. The summed E-state index contributed by atoms with van der Waals surface area (Å²) in [5, 5.41) is 1.55. The van der Waals surface area contributed by atoms with Crippen LogP contribution in [-0.4, -0.2) is 12.3 Å². The summed E-state index contributed by atoms with van der Waals surface area (Å²) in [5.74, 6) is 0. The second-order valence-electron chi connectivity index (χ2n) is 2.51. The standard InChI is InChI=1S/C10H15P.Au.ClH/c1-3-11(4-2)10-8-6-5-7-9-10;;/h5-9H,3-4H2,1-2H3;;1H/q;+1;/p-1. The Balaban J connectivity index is 0.000000671. The SMILES string of the molecule is CCP(CC)c1ccccc1.[Cl][Au]. The van der Waals surface area contributed by atoms with Crippen molar-refractivity contribution >= 4 is 22.4 Å². The van der Waals surface area contributed by atoms with E-state index in [1.54, 1.807) is 25.3 Å². The van der Waals surface area contributed by atoms with Crippen LogP contribution < -0.4 is 5.30 Å². The van der Waals surface area contributed by atoms with Crippen LogP contribution in [0.1, 0.15) is 13.8 Å². The van der Waals surface area contributed by atoms with E-state index in [4.69, 9.17) is 0 Å². The van der Waals surface area contributed by atoms with Crippen molar-refractivity contribution in [3.05, 3.63) is 30.3 Å². The molecule has 0 radical (unpaired) electrons. The first-order chi connectivity index (χ1) is 6.38. The Bertz CT molecular complexity index is 199. The molecule has 0 nitrogen and oxygen atoms in total. The Labute approximate surface area is 98.6 Å². The number of benzene rings is 1. The van der Waals surface area contributed by atoms with Gasteiger partial charge in [0.25, 0.3) is 0 Å². The molecule has 0 aliphatic rings. The normalized spacial score (nSPS) is 9.38. The van der Waals surface area contributed by atoms with Gasteiger partial charge in [0, 0.05) is 0 Å². The van der Waals surface area contributed by atoms with Crippen molar-refractivity contribution in [2.75, 3.05) is 12.3 Å². The van der Waals surface area contributed by atoms with E-state index >= 15 is 0 Å². The van der Waals surface area contributed by atoms with Gasteiger partial charge < -0.3 is 0 Å². The van der Waals surface area contributed by atoms with Crippen molar-refractivity contribution < 1.29 is 20.0 Å². The van der Waals surface area contributed by atoms with Gasteiger partial charge in [-0.3, -0.25) is 0 Å². The van der Waals surface area contributed by atoms with Gasteiger partial charge in [0.2, 0.25) is 0 Å². The third kappa shape index (κ3) is 5.20. The summed E-state index contributed by atoms with van der Waals surface area (Å²) in [7, 11) is 4.73. The molecule has 0 unspecified atom stereocenters. The van der Waals surface area contributed by atoms with E-state index in [9.17, 15) is 0 Å². The van der Waals surface area contributed by atoms with E-state index in [1.165, 1.54) is 12.3 Å². The van der Waals surface area contributed by atoms with Gasteiger partial charge in [-0.15, -0.1) is 0 Å². The molecule has 78 valence electrons. The second-order valence-corrected chi connectivity index (χ2v) is 5.37. The predicted molar refractivity (Wildman–Crippen MR) is 59.9 cm³/mol. The van der Waals surface area contributed by atoms with Gasteiger partial charge in [-0.1, -0.05) is 52.1 Å². The molecule has 0 fully saturated rings. The van der Waals surface area contributed by atoms with Gasteiger partial charge in [-0.25, -0.2) is 0 Å². The van der Waals surface area contributed by atoms with Gasteiger partial charge in [0.1, 0.15) is 0 Å². The Morgan fingerprint density at radius 1 is 1.08 bits per heavy atom. The van der Waals surface area contributed by atoms with Crippen molar-refractivity contribution in [2.24, 2.45) is 0 Å². The summed E-state index contributed by atoms with van der Waals surface area (Å²) < 4.78 is 0. The van der Waals surface area contributed by atoms with E-state index in [2.05, 4.69) is 53.4 Å². The first kappa shape index (κ1) is 13.7. The molecule has 0 aromatic heterocycles. The van der Waals surface area contributed by atoms with Crippen LogP contribution in [0.15, 0.2) is 30.3 Å². The first-order valence-corrected chi connectivity index (χ1v) is 8.69. The zero-order chi connectivity index (χ0) is 10.1. The van der Waals surface area contributed by atoms with Crippen molar-refractivity contribution in [3.63, 3.8) is 0 Å². The molecule has 3 heteroatoms. The molecule has 0 saturated carbocycles. The molecule has 13 heavy (non-hydrogen) atoms. The Morgan fingerprint density at radius 3 is 1.92 bits per heavy atom. The van der Waals surface area contributed by atoms with Crippen LogP contribution in [0.3, 0.4) is 0 Å². The summed E-state index contributed by atoms with van der Waals surface area (Å²) in [6.45, 7) is 4.56. The third-order valence-corrected chi connectivity index (χ3v) is 4.44. The van der Waals surface area contributed by atoms with E-state index in [1.807, 2.05) is 0 Å². The van der Waals surface area contributed by atoms with Gasteiger partial charge >= 0.3 is 29.2 Å². The Kier molecular flexibility index (Phi) is 9.73. The van der Waals surface area contributed by atoms with Crippen LogP contribution >= 0.6 is 17.1 Å². The number of hydrogen-bond acceptors (Lipinski definition) is 0. The summed E-state index contributed by atoms with van der Waals surface area (Å²) in [5.41, 5.74) is 0. The fourth-order valence-electron chi connectivity index (χ4n) is 1.23. The van der Waals surface area contributed by atoms with Crippen LogP contribution in [0, 0.1) is 0 Å². The molecule has 0 atom stereocenters. The maximum atomic E-state index is 4.58. The topological polar surface area (TPSA) is 0 Å². The van der Waals surface area contributed by atoms with Gasteiger partial charge in [0.05, 0.1) is 0 Å². The zero-order valence-corrected chi connectivity index (χ0v) is 11.7. The summed E-state index contributed by atoms with van der Waals surface area (Å²) >= 11 is 1.75. The molecule has 0 heterocycles. The molecule has 1 rings (SSSR count). The predicted octanol–water partition coefficient (Wildman–Crippen LogP) is 3.52. The molecule has 0 saturated heterocycles. The Hall–Kier alpha value is 0.680. The zero-order valence-electron chi connectivity index (χ0n) is 7.93. The minimum atomic E-state index is 0.149. The van der Waals surface area contributed by atoms with Gasteiger partial charge in [-0.2, -0.15) is 0 Å². The van der Waals surface area contributed by atoms with Gasteiger partial charge in [-0.05, 0) is 17.6 Å². The van der Waals surface area contributed by atoms with Gasteiger partial charge in [0.15, 0.2) is 0 Å². The van der Waals surface area contributed by atoms with Crippen molar-refractivity contribution in [3.8, 4) is 0 Å². The van der Waals surface area contributed by atoms with E-state index in [0.717, 1.165) is 0 Å². The molecule has 0 amide bonds. The van der Waals surface area contributed by atoms with Crippen molar-refractivity contribution in [2.45, 2.75) is 13.8 Å². The molecular formula is C10H15AuClP. The average molecular weight is 399 g/mol. The van der Waals surface area contributed by atoms with Crippen molar-refractivity contribution in [1.82, 2.24) is 0 Å². The molecular weight excluding hydrogens is 384 g/mol. The van der Waals surface area contributed by atoms with Crippen molar-refractivity contribution in [1.29, 1.82) is 0 Å². The second kappa shape index (κ2) is 9.24. The van der Waals surface area contributed by atoms with Crippen LogP contribution in [0.4, 0.5) is 0 Å². The summed E-state index contributed by atoms with van der Waals surface area (Å²) in [6.07, 6.45) is 2.63. The third-order valence-electron chi connectivity index (χ3n) is 1.88. The maximum absolute atomic E-state index is 4.58. The van der Waals surface area contributed by atoms with E-state index in [0.29, 0.717) is 0 Å². The van der Waals surface area contributed by atoms with E-state index < -0.39 is 0 Å². The molecule has 1 aromatic rings. The fourth-order valence-corrected chi connectivity index (χ4v) is 3.00. The molecule has 1 aromatic carbocycles. The average Bonchev–Trinajstić information content (AvgIpc) is 2.24. The number of hydrogen-bond donors (Lipinski definition) is 0. The van der Waals surface area contributed by atoms with E-state index in [-0.39, 0.29) is 7.92 Å². The summed E-state index contributed by atoms with van der Waals surface area (Å²) in [6, 6.07) is 10.9. The molecule has 0 spiro atoms. The molecule has 0 aliphatic heterocycles. The number of rotatable bonds is 3. The minimum absolute atomic E-state index is 0.149. The molecule has 0 N–H and O–H groups in total. The molecule has 0 aliphatic carbocycles. The van der Waals surface area contributed by atoms with Crippen LogP contribution in [-0.2, 0) is 20.0 Å².